The van der Waals surface area contributed by atoms with Gasteiger partial charge in [0.05, 0.1) is 18.8 Å². The fourth-order valence-electron chi connectivity index (χ4n) is 3.20. The minimum absolute atomic E-state index is 0.110. The van der Waals surface area contributed by atoms with Crippen molar-refractivity contribution in [3.8, 4) is 17.2 Å². The highest BCUT2D eigenvalue weighted by molar-refractivity contribution is 7.09. The van der Waals surface area contributed by atoms with E-state index in [1.807, 2.05) is 36.6 Å². The smallest absolute Gasteiger partial charge is 0.254 e. The second-order valence-corrected chi connectivity index (χ2v) is 8.07. The van der Waals surface area contributed by atoms with Gasteiger partial charge in [-0.1, -0.05) is 12.1 Å². The Morgan fingerprint density at radius 2 is 2.06 bits per heavy atom. The maximum Gasteiger partial charge on any atom is 0.254 e. The molecule has 1 aliphatic rings. The van der Waals surface area contributed by atoms with Gasteiger partial charge in [-0.3, -0.25) is 4.79 Å². The minimum Gasteiger partial charge on any atom is -0.486 e. The molecule has 1 aliphatic heterocycles. The number of hydrogen-bond acceptors (Lipinski definition) is 7. The number of amides is 1. The van der Waals surface area contributed by atoms with Crippen LogP contribution in [-0.2, 0) is 17.9 Å². The summed E-state index contributed by atoms with van der Waals surface area (Å²) in [4.78, 5) is 19.5. The van der Waals surface area contributed by atoms with Crippen LogP contribution in [0.15, 0.2) is 47.8 Å². The zero-order valence-electron chi connectivity index (χ0n) is 17.5. The lowest BCUT2D eigenvalue weighted by atomic mass is 10.1. The molecular weight excluding hydrogens is 416 g/mol. The van der Waals surface area contributed by atoms with Gasteiger partial charge in [-0.2, -0.15) is 0 Å². The van der Waals surface area contributed by atoms with Crippen molar-refractivity contribution in [1.82, 2.24) is 9.88 Å². The van der Waals surface area contributed by atoms with E-state index in [0.29, 0.717) is 43.4 Å². The molecule has 0 bridgehead atoms. The highest BCUT2D eigenvalue weighted by Crippen LogP contribution is 2.33. The summed E-state index contributed by atoms with van der Waals surface area (Å²) in [6, 6.07) is 13.1. The standard InChI is InChI=1S/C23H24N2O5S/c1-16-4-3-5-19(10-16)28-13-22-24-18(14-31-22)12-25(8-9-27-2)23(26)17-6-7-20-21(11-17)30-15-29-20/h3-7,10-11,14H,8-9,12-13,15H2,1-2H3. The average molecular weight is 441 g/mol. The van der Waals surface area contributed by atoms with Gasteiger partial charge in [0.1, 0.15) is 17.4 Å². The summed E-state index contributed by atoms with van der Waals surface area (Å²) in [6.45, 7) is 3.87. The summed E-state index contributed by atoms with van der Waals surface area (Å²) in [5, 5.41) is 2.82. The lowest BCUT2D eigenvalue weighted by molar-refractivity contribution is 0.0677. The monoisotopic (exact) mass is 440 g/mol. The van der Waals surface area contributed by atoms with Crippen molar-refractivity contribution >= 4 is 17.2 Å². The van der Waals surface area contributed by atoms with E-state index < -0.39 is 0 Å². The van der Waals surface area contributed by atoms with Crippen LogP contribution in [0.1, 0.15) is 26.6 Å². The van der Waals surface area contributed by atoms with Crippen molar-refractivity contribution in [1.29, 1.82) is 0 Å². The molecule has 8 heteroatoms. The van der Waals surface area contributed by atoms with Crippen LogP contribution in [0.2, 0.25) is 0 Å². The predicted octanol–water partition coefficient (Wildman–Crippen LogP) is 4.05. The van der Waals surface area contributed by atoms with E-state index in [1.54, 1.807) is 30.2 Å². The third-order valence-electron chi connectivity index (χ3n) is 4.78. The molecule has 1 amide bonds. The molecule has 0 saturated carbocycles. The van der Waals surface area contributed by atoms with Gasteiger partial charge in [-0.15, -0.1) is 11.3 Å². The van der Waals surface area contributed by atoms with Crippen molar-refractivity contribution in [3.63, 3.8) is 0 Å². The topological polar surface area (TPSA) is 70.1 Å². The number of nitrogens with zero attached hydrogens (tertiary/aromatic N) is 2. The maximum atomic E-state index is 13.1. The van der Waals surface area contributed by atoms with E-state index in [1.165, 1.54) is 11.3 Å². The average Bonchev–Trinajstić information content (AvgIpc) is 3.43. The molecule has 0 aliphatic carbocycles. The van der Waals surface area contributed by atoms with Crippen LogP contribution < -0.4 is 14.2 Å². The van der Waals surface area contributed by atoms with Gasteiger partial charge in [0, 0.05) is 24.6 Å². The van der Waals surface area contributed by atoms with Gasteiger partial charge in [0.15, 0.2) is 11.5 Å². The molecule has 1 aromatic heterocycles. The fraction of sp³-hybridized carbons (Fsp3) is 0.304. The zero-order valence-corrected chi connectivity index (χ0v) is 18.3. The van der Waals surface area contributed by atoms with Crippen LogP contribution in [0.25, 0.3) is 0 Å². The maximum absolute atomic E-state index is 13.1. The van der Waals surface area contributed by atoms with Crippen LogP contribution in [0.4, 0.5) is 0 Å². The second kappa shape index (κ2) is 9.80. The highest BCUT2D eigenvalue weighted by atomic mass is 32.1. The number of aromatic nitrogens is 1. The number of ether oxygens (including phenoxy) is 4. The number of rotatable bonds is 9. The Balaban J connectivity index is 1.42. The van der Waals surface area contributed by atoms with Crippen LogP contribution in [0.3, 0.4) is 0 Å². The van der Waals surface area contributed by atoms with Gasteiger partial charge in [0.2, 0.25) is 6.79 Å². The van der Waals surface area contributed by atoms with Gasteiger partial charge < -0.3 is 23.8 Å². The van der Waals surface area contributed by atoms with E-state index in [9.17, 15) is 4.79 Å². The fourth-order valence-corrected chi connectivity index (χ4v) is 3.90. The molecule has 31 heavy (non-hydrogen) atoms. The minimum atomic E-state index is -0.110. The van der Waals surface area contributed by atoms with Crippen LogP contribution in [0.5, 0.6) is 17.2 Å². The van der Waals surface area contributed by atoms with E-state index in [2.05, 4.69) is 4.98 Å². The Morgan fingerprint density at radius 3 is 2.90 bits per heavy atom. The van der Waals surface area contributed by atoms with E-state index in [0.717, 1.165) is 22.0 Å². The van der Waals surface area contributed by atoms with Crippen LogP contribution in [0, 0.1) is 6.92 Å². The van der Waals surface area contributed by atoms with E-state index in [4.69, 9.17) is 18.9 Å². The summed E-state index contributed by atoms with van der Waals surface area (Å²) in [5.41, 5.74) is 2.50. The molecule has 2 heterocycles. The molecule has 162 valence electrons. The summed E-state index contributed by atoms with van der Waals surface area (Å²) in [6.07, 6.45) is 0. The number of carbonyl (C=O) groups is 1. The van der Waals surface area contributed by atoms with Crippen molar-refractivity contribution in [2.45, 2.75) is 20.1 Å². The molecule has 0 N–H and O–H groups in total. The number of fused-ring (bicyclic) bond motifs is 1. The molecular formula is C23H24N2O5S. The lowest BCUT2D eigenvalue weighted by Crippen LogP contribution is -2.33. The number of aryl methyl sites for hydroxylation is 1. The molecule has 0 spiro atoms. The van der Waals surface area contributed by atoms with Crippen LogP contribution >= 0.6 is 11.3 Å². The third-order valence-corrected chi connectivity index (χ3v) is 5.65. The predicted molar refractivity (Wildman–Crippen MR) is 117 cm³/mol. The molecule has 0 saturated heterocycles. The normalized spacial score (nSPS) is 12.1. The number of hydrogen-bond donors (Lipinski definition) is 0. The van der Waals surface area contributed by atoms with Crippen molar-refractivity contribution in [2.75, 3.05) is 27.1 Å². The Kier molecular flexibility index (Phi) is 6.69. The highest BCUT2D eigenvalue weighted by Gasteiger charge is 2.21. The third kappa shape index (κ3) is 5.34. The Labute approximate surface area is 185 Å². The summed E-state index contributed by atoms with van der Waals surface area (Å²) in [5.74, 6) is 1.94. The summed E-state index contributed by atoms with van der Waals surface area (Å²) < 4.78 is 21.8. The first-order chi connectivity index (χ1) is 15.1. The van der Waals surface area contributed by atoms with Gasteiger partial charge >= 0.3 is 0 Å². The van der Waals surface area contributed by atoms with E-state index in [-0.39, 0.29) is 12.7 Å². The second-order valence-electron chi connectivity index (χ2n) is 7.13. The molecule has 2 aromatic carbocycles. The number of thiazole rings is 1. The van der Waals surface area contributed by atoms with Crippen molar-refractivity contribution in [2.24, 2.45) is 0 Å². The lowest BCUT2D eigenvalue weighted by Gasteiger charge is -2.21. The summed E-state index contributed by atoms with van der Waals surface area (Å²) >= 11 is 1.52. The number of benzene rings is 2. The molecule has 0 atom stereocenters. The molecule has 0 unspecified atom stereocenters. The van der Waals surface area contributed by atoms with Gasteiger partial charge in [-0.25, -0.2) is 4.98 Å². The first-order valence-corrected chi connectivity index (χ1v) is 10.8. The first-order valence-electron chi connectivity index (χ1n) is 9.93. The molecule has 7 nitrogen and oxygen atoms in total. The molecule has 4 rings (SSSR count). The SMILES string of the molecule is COCCN(Cc1csc(COc2cccc(C)c2)n1)C(=O)c1ccc2c(c1)OCO2. The summed E-state index contributed by atoms with van der Waals surface area (Å²) in [7, 11) is 1.62. The molecule has 0 fully saturated rings. The largest absolute Gasteiger partial charge is 0.486 e. The van der Waals surface area contributed by atoms with Crippen molar-refractivity contribution in [3.05, 3.63) is 69.7 Å². The van der Waals surface area contributed by atoms with E-state index >= 15 is 0 Å². The van der Waals surface area contributed by atoms with Gasteiger partial charge in [0.25, 0.3) is 5.91 Å². The van der Waals surface area contributed by atoms with Crippen molar-refractivity contribution < 1.29 is 23.7 Å². The number of methoxy groups -OCH3 is 1. The Bertz CT molecular complexity index is 1050. The van der Waals surface area contributed by atoms with Gasteiger partial charge in [-0.05, 0) is 42.8 Å². The van der Waals surface area contributed by atoms with Crippen LogP contribution in [-0.4, -0.2) is 42.8 Å². The number of carbonyl (C=O) groups excluding carboxylic acids is 1. The molecule has 0 radical (unpaired) electrons. The first kappa shape index (κ1) is 21.1. The molecule has 3 aromatic rings. The Morgan fingerprint density at radius 1 is 1.19 bits per heavy atom. The zero-order chi connectivity index (χ0) is 21.6. The Hall–Kier alpha value is -3.10. The quantitative estimate of drug-likeness (QED) is 0.500.